The standard InChI is InChI=1S/C9H14/c1-3-9-7-5-4-6-8(9)2/h3-4,6,8-9H,1,5,7H2,2H3. The Kier molecular flexibility index (Phi) is 2.10. The van der Waals surface area contributed by atoms with Crippen LogP contribution in [0.1, 0.15) is 19.8 Å². The lowest BCUT2D eigenvalue weighted by molar-refractivity contribution is 0.460. The number of hydrogen-bond donors (Lipinski definition) is 0. The SMILES string of the molecule is C=CC1CCC=CC1C. The van der Waals surface area contributed by atoms with E-state index < -0.39 is 0 Å². The van der Waals surface area contributed by atoms with Gasteiger partial charge in [0, 0.05) is 0 Å². The molecule has 50 valence electrons. The summed E-state index contributed by atoms with van der Waals surface area (Å²) in [7, 11) is 0. The second kappa shape index (κ2) is 2.86. The highest BCUT2D eigenvalue weighted by Gasteiger charge is 2.12. The molecule has 0 aromatic heterocycles. The van der Waals surface area contributed by atoms with Crippen molar-refractivity contribution in [2.75, 3.05) is 0 Å². The smallest absolute Gasteiger partial charge is 0.0173 e. The van der Waals surface area contributed by atoms with Crippen LogP contribution in [0.2, 0.25) is 0 Å². The molecule has 1 rings (SSSR count). The van der Waals surface area contributed by atoms with Gasteiger partial charge in [-0.15, -0.1) is 6.58 Å². The maximum absolute atomic E-state index is 3.80. The van der Waals surface area contributed by atoms with E-state index in [0.29, 0.717) is 0 Å². The first-order chi connectivity index (χ1) is 4.34. The highest BCUT2D eigenvalue weighted by atomic mass is 14.2. The van der Waals surface area contributed by atoms with E-state index in [0.717, 1.165) is 11.8 Å². The summed E-state index contributed by atoms with van der Waals surface area (Å²) in [6, 6.07) is 0. The first-order valence-electron chi connectivity index (χ1n) is 3.64. The normalized spacial score (nSPS) is 34.3. The van der Waals surface area contributed by atoms with Crippen molar-refractivity contribution in [3.05, 3.63) is 24.8 Å². The van der Waals surface area contributed by atoms with E-state index >= 15 is 0 Å². The van der Waals surface area contributed by atoms with E-state index in [1.807, 2.05) is 0 Å². The third kappa shape index (κ3) is 1.44. The molecule has 0 saturated carbocycles. The maximum atomic E-state index is 3.80. The van der Waals surface area contributed by atoms with Crippen molar-refractivity contribution in [3.8, 4) is 0 Å². The molecular formula is C9H14. The fourth-order valence-electron chi connectivity index (χ4n) is 1.34. The molecule has 9 heavy (non-hydrogen) atoms. The van der Waals surface area contributed by atoms with Crippen LogP contribution in [0.4, 0.5) is 0 Å². The predicted octanol–water partition coefficient (Wildman–Crippen LogP) is 2.77. The van der Waals surface area contributed by atoms with Crippen molar-refractivity contribution in [2.45, 2.75) is 19.8 Å². The number of rotatable bonds is 1. The summed E-state index contributed by atoms with van der Waals surface area (Å²) in [4.78, 5) is 0. The van der Waals surface area contributed by atoms with Crippen molar-refractivity contribution in [3.63, 3.8) is 0 Å². The molecule has 0 spiro atoms. The van der Waals surface area contributed by atoms with Gasteiger partial charge in [0.1, 0.15) is 0 Å². The molecule has 0 fully saturated rings. The van der Waals surface area contributed by atoms with Gasteiger partial charge in [-0.3, -0.25) is 0 Å². The molecule has 0 aliphatic heterocycles. The van der Waals surface area contributed by atoms with Crippen LogP contribution in [0.3, 0.4) is 0 Å². The Bertz CT molecular complexity index is 122. The van der Waals surface area contributed by atoms with Crippen LogP contribution in [0.25, 0.3) is 0 Å². The lowest BCUT2D eigenvalue weighted by atomic mass is 9.86. The van der Waals surface area contributed by atoms with Gasteiger partial charge in [0.05, 0.1) is 0 Å². The van der Waals surface area contributed by atoms with Crippen molar-refractivity contribution in [1.29, 1.82) is 0 Å². The average Bonchev–Trinajstić information content (AvgIpc) is 1.89. The Balaban J connectivity index is 2.54. The first kappa shape index (κ1) is 6.60. The fourth-order valence-corrected chi connectivity index (χ4v) is 1.34. The van der Waals surface area contributed by atoms with Gasteiger partial charge in [-0.05, 0) is 24.7 Å². The zero-order chi connectivity index (χ0) is 6.69. The molecule has 2 unspecified atom stereocenters. The van der Waals surface area contributed by atoms with Gasteiger partial charge < -0.3 is 0 Å². The lowest BCUT2D eigenvalue weighted by Gasteiger charge is -2.20. The molecule has 0 radical (unpaired) electrons. The van der Waals surface area contributed by atoms with Gasteiger partial charge in [-0.25, -0.2) is 0 Å². The Hall–Kier alpha value is -0.520. The largest absolute Gasteiger partial charge is 0.103 e. The van der Waals surface area contributed by atoms with Gasteiger partial charge >= 0.3 is 0 Å². The molecule has 2 atom stereocenters. The van der Waals surface area contributed by atoms with E-state index in [1.165, 1.54) is 12.8 Å². The summed E-state index contributed by atoms with van der Waals surface area (Å²) in [6.07, 6.45) is 9.16. The van der Waals surface area contributed by atoms with E-state index in [-0.39, 0.29) is 0 Å². The van der Waals surface area contributed by atoms with Gasteiger partial charge in [0.25, 0.3) is 0 Å². The molecule has 0 N–H and O–H groups in total. The first-order valence-corrected chi connectivity index (χ1v) is 3.64. The predicted molar refractivity (Wildman–Crippen MR) is 41.2 cm³/mol. The van der Waals surface area contributed by atoms with Crippen molar-refractivity contribution in [2.24, 2.45) is 11.8 Å². The summed E-state index contributed by atoms with van der Waals surface area (Å²) in [6.45, 7) is 6.05. The van der Waals surface area contributed by atoms with E-state index in [2.05, 4.69) is 31.7 Å². The van der Waals surface area contributed by atoms with Crippen LogP contribution in [0.5, 0.6) is 0 Å². The topological polar surface area (TPSA) is 0 Å². The molecule has 0 heteroatoms. The Labute approximate surface area is 57.3 Å². The van der Waals surface area contributed by atoms with Crippen LogP contribution in [0, 0.1) is 11.8 Å². The second-order valence-corrected chi connectivity index (χ2v) is 2.76. The molecular weight excluding hydrogens is 108 g/mol. The maximum Gasteiger partial charge on any atom is -0.0173 e. The molecule has 1 aliphatic carbocycles. The third-order valence-electron chi connectivity index (χ3n) is 2.08. The zero-order valence-electron chi connectivity index (χ0n) is 6.01. The van der Waals surface area contributed by atoms with Crippen LogP contribution >= 0.6 is 0 Å². The summed E-state index contributed by atoms with van der Waals surface area (Å²) >= 11 is 0. The van der Waals surface area contributed by atoms with Crippen LogP contribution < -0.4 is 0 Å². The molecule has 0 amide bonds. The highest BCUT2D eigenvalue weighted by molar-refractivity contribution is 5.00. The van der Waals surface area contributed by atoms with Crippen molar-refractivity contribution in [1.82, 2.24) is 0 Å². The van der Waals surface area contributed by atoms with Crippen LogP contribution in [0.15, 0.2) is 24.8 Å². The van der Waals surface area contributed by atoms with Gasteiger partial charge in [0.15, 0.2) is 0 Å². The summed E-state index contributed by atoms with van der Waals surface area (Å²) in [5.74, 6) is 1.45. The lowest BCUT2D eigenvalue weighted by Crippen LogP contribution is -2.09. The average molecular weight is 122 g/mol. The van der Waals surface area contributed by atoms with E-state index in [9.17, 15) is 0 Å². The zero-order valence-corrected chi connectivity index (χ0v) is 6.01. The highest BCUT2D eigenvalue weighted by Crippen LogP contribution is 2.24. The van der Waals surface area contributed by atoms with Gasteiger partial charge in [-0.2, -0.15) is 0 Å². The monoisotopic (exact) mass is 122 g/mol. The summed E-state index contributed by atoms with van der Waals surface area (Å²) < 4.78 is 0. The van der Waals surface area contributed by atoms with E-state index in [1.54, 1.807) is 0 Å². The fraction of sp³-hybridized carbons (Fsp3) is 0.556. The Morgan fingerprint density at radius 2 is 2.44 bits per heavy atom. The molecule has 0 bridgehead atoms. The van der Waals surface area contributed by atoms with Gasteiger partial charge in [-0.1, -0.05) is 25.2 Å². The molecule has 1 aliphatic rings. The quantitative estimate of drug-likeness (QED) is 0.469. The minimum absolute atomic E-state index is 0.719. The third-order valence-corrected chi connectivity index (χ3v) is 2.08. The number of hydrogen-bond acceptors (Lipinski definition) is 0. The Morgan fingerprint density at radius 1 is 1.67 bits per heavy atom. The molecule has 0 aromatic carbocycles. The molecule has 0 aromatic rings. The minimum atomic E-state index is 0.719. The summed E-state index contributed by atoms with van der Waals surface area (Å²) in [5, 5.41) is 0. The second-order valence-electron chi connectivity index (χ2n) is 2.76. The number of allylic oxidation sites excluding steroid dienone is 3. The van der Waals surface area contributed by atoms with Crippen LogP contribution in [-0.4, -0.2) is 0 Å². The summed E-state index contributed by atoms with van der Waals surface area (Å²) in [5.41, 5.74) is 0. The van der Waals surface area contributed by atoms with Gasteiger partial charge in [0.2, 0.25) is 0 Å². The van der Waals surface area contributed by atoms with Crippen LogP contribution in [-0.2, 0) is 0 Å². The van der Waals surface area contributed by atoms with Crippen molar-refractivity contribution >= 4 is 0 Å². The van der Waals surface area contributed by atoms with Crippen molar-refractivity contribution < 1.29 is 0 Å². The minimum Gasteiger partial charge on any atom is -0.103 e. The molecule has 0 nitrogen and oxygen atoms in total. The molecule has 0 saturated heterocycles. The molecule has 0 heterocycles. The Morgan fingerprint density at radius 3 is 2.89 bits per heavy atom. The van der Waals surface area contributed by atoms with E-state index in [4.69, 9.17) is 0 Å².